The third-order valence-electron chi connectivity index (χ3n) is 3.85. The molecule has 2 heteroatoms. The second-order valence-corrected chi connectivity index (χ2v) is 4.96. The first-order chi connectivity index (χ1) is 6.21. The van der Waals surface area contributed by atoms with Gasteiger partial charge in [0.1, 0.15) is 0 Å². The molecular formula is C11H21NO. The van der Waals surface area contributed by atoms with Gasteiger partial charge in [-0.15, -0.1) is 0 Å². The Labute approximate surface area is 80.5 Å². The normalized spacial score (nSPS) is 42.5. The van der Waals surface area contributed by atoms with E-state index in [9.17, 15) is 5.11 Å². The second kappa shape index (κ2) is 3.58. The predicted octanol–water partition coefficient (Wildman–Crippen LogP) is 1.81. The van der Waals surface area contributed by atoms with Crippen molar-refractivity contribution in [2.75, 3.05) is 0 Å². The Kier molecular flexibility index (Phi) is 2.61. The van der Waals surface area contributed by atoms with E-state index in [1.165, 1.54) is 38.5 Å². The van der Waals surface area contributed by atoms with Crippen molar-refractivity contribution in [2.45, 2.75) is 63.0 Å². The van der Waals surface area contributed by atoms with Crippen LogP contribution in [0.3, 0.4) is 0 Å². The molecule has 2 nitrogen and oxygen atoms in total. The Hall–Kier alpha value is -0.0800. The average molecular weight is 183 g/mol. The van der Waals surface area contributed by atoms with E-state index in [-0.39, 0.29) is 11.6 Å². The summed E-state index contributed by atoms with van der Waals surface area (Å²) in [4.78, 5) is 0. The molecule has 0 amide bonds. The summed E-state index contributed by atoms with van der Waals surface area (Å²) in [7, 11) is 0. The van der Waals surface area contributed by atoms with Crippen molar-refractivity contribution in [3.63, 3.8) is 0 Å². The number of nitrogens with two attached hydrogens (primary N) is 1. The van der Waals surface area contributed by atoms with Gasteiger partial charge in [-0.05, 0) is 31.6 Å². The van der Waals surface area contributed by atoms with Crippen LogP contribution >= 0.6 is 0 Å². The minimum absolute atomic E-state index is 0.272. The van der Waals surface area contributed by atoms with Crippen molar-refractivity contribution in [3.05, 3.63) is 0 Å². The Bertz CT molecular complexity index is 167. The monoisotopic (exact) mass is 183 g/mol. The van der Waals surface area contributed by atoms with E-state index in [1.807, 2.05) is 0 Å². The maximum Gasteiger partial charge on any atom is 0.0705 e. The molecular weight excluding hydrogens is 162 g/mol. The summed E-state index contributed by atoms with van der Waals surface area (Å²) in [6.07, 6.45) is 9.48. The van der Waals surface area contributed by atoms with Crippen molar-refractivity contribution in [2.24, 2.45) is 11.7 Å². The van der Waals surface area contributed by atoms with Crippen LogP contribution in [0.15, 0.2) is 0 Å². The van der Waals surface area contributed by atoms with Gasteiger partial charge in [-0.25, -0.2) is 0 Å². The first kappa shape index (κ1) is 9.47. The summed E-state index contributed by atoms with van der Waals surface area (Å²) in [6, 6.07) is 0.272. The molecule has 2 aliphatic rings. The summed E-state index contributed by atoms with van der Waals surface area (Å²) >= 11 is 0. The van der Waals surface area contributed by atoms with Crippen molar-refractivity contribution < 1.29 is 5.11 Å². The molecule has 0 radical (unpaired) electrons. The molecule has 0 unspecified atom stereocenters. The summed E-state index contributed by atoms with van der Waals surface area (Å²) < 4.78 is 0. The SMILES string of the molecule is NC1CC(O)(C2CCCCCC2)C1. The van der Waals surface area contributed by atoms with Crippen LogP contribution in [0.2, 0.25) is 0 Å². The molecule has 3 N–H and O–H groups in total. The van der Waals surface area contributed by atoms with Crippen LogP contribution < -0.4 is 5.73 Å². The van der Waals surface area contributed by atoms with Crippen LogP contribution in [-0.4, -0.2) is 16.7 Å². The number of hydrogen-bond donors (Lipinski definition) is 2. The second-order valence-electron chi connectivity index (χ2n) is 4.96. The lowest BCUT2D eigenvalue weighted by atomic mass is 9.66. The maximum absolute atomic E-state index is 10.3. The van der Waals surface area contributed by atoms with Gasteiger partial charge in [-0.1, -0.05) is 25.7 Å². The van der Waals surface area contributed by atoms with Crippen LogP contribution in [0.1, 0.15) is 51.4 Å². The zero-order valence-corrected chi connectivity index (χ0v) is 8.34. The van der Waals surface area contributed by atoms with Crippen LogP contribution in [0.5, 0.6) is 0 Å². The van der Waals surface area contributed by atoms with Gasteiger partial charge in [0.05, 0.1) is 5.60 Å². The molecule has 0 aromatic rings. The molecule has 0 aromatic carbocycles. The summed E-state index contributed by atoms with van der Waals surface area (Å²) in [6.45, 7) is 0. The molecule has 0 saturated heterocycles. The number of rotatable bonds is 1. The molecule has 2 saturated carbocycles. The van der Waals surface area contributed by atoms with Gasteiger partial charge >= 0.3 is 0 Å². The highest BCUT2D eigenvalue weighted by Crippen LogP contribution is 2.43. The van der Waals surface area contributed by atoms with Crippen molar-refractivity contribution in [1.82, 2.24) is 0 Å². The predicted molar refractivity (Wildman–Crippen MR) is 53.4 cm³/mol. The molecule has 2 rings (SSSR count). The average Bonchev–Trinajstić information content (AvgIpc) is 2.28. The zero-order valence-electron chi connectivity index (χ0n) is 8.34. The highest BCUT2D eigenvalue weighted by molar-refractivity contribution is 5.01. The molecule has 0 spiro atoms. The van der Waals surface area contributed by atoms with Gasteiger partial charge in [-0.3, -0.25) is 0 Å². The Morgan fingerprint density at radius 2 is 1.54 bits per heavy atom. The van der Waals surface area contributed by atoms with Gasteiger partial charge in [0.2, 0.25) is 0 Å². The topological polar surface area (TPSA) is 46.2 Å². The first-order valence-corrected chi connectivity index (χ1v) is 5.69. The van der Waals surface area contributed by atoms with Crippen LogP contribution in [0.4, 0.5) is 0 Å². The fraction of sp³-hybridized carbons (Fsp3) is 1.00. The quantitative estimate of drug-likeness (QED) is 0.609. The Morgan fingerprint density at radius 1 is 1.00 bits per heavy atom. The number of hydrogen-bond acceptors (Lipinski definition) is 2. The van der Waals surface area contributed by atoms with Gasteiger partial charge in [-0.2, -0.15) is 0 Å². The van der Waals surface area contributed by atoms with Gasteiger partial charge in [0, 0.05) is 6.04 Å². The third-order valence-corrected chi connectivity index (χ3v) is 3.85. The summed E-state index contributed by atoms with van der Waals surface area (Å²) in [5, 5.41) is 10.3. The lowest BCUT2D eigenvalue weighted by Gasteiger charge is -2.47. The standard InChI is InChI=1S/C11H21NO/c12-10-7-11(13,8-10)9-5-3-1-2-4-6-9/h9-10,13H,1-8,12H2. The van der Waals surface area contributed by atoms with Crippen molar-refractivity contribution >= 4 is 0 Å². The molecule has 0 aromatic heterocycles. The largest absolute Gasteiger partial charge is 0.389 e. The molecule has 0 bridgehead atoms. The molecule has 0 atom stereocenters. The molecule has 76 valence electrons. The van der Waals surface area contributed by atoms with Crippen molar-refractivity contribution in [3.8, 4) is 0 Å². The van der Waals surface area contributed by atoms with Crippen LogP contribution in [-0.2, 0) is 0 Å². The third kappa shape index (κ3) is 1.89. The molecule has 2 fully saturated rings. The lowest BCUT2D eigenvalue weighted by Crippen LogP contribution is -2.55. The summed E-state index contributed by atoms with van der Waals surface area (Å²) in [5.41, 5.74) is 5.37. The van der Waals surface area contributed by atoms with Crippen molar-refractivity contribution in [1.29, 1.82) is 0 Å². The van der Waals surface area contributed by atoms with Crippen LogP contribution in [0, 0.1) is 5.92 Å². The number of aliphatic hydroxyl groups is 1. The van der Waals surface area contributed by atoms with E-state index in [0.717, 1.165) is 12.8 Å². The van der Waals surface area contributed by atoms with Gasteiger partial charge in [0.25, 0.3) is 0 Å². The molecule has 13 heavy (non-hydrogen) atoms. The molecule has 2 aliphatic carbocycles. The lowest BCUT2D eigenvalue weighted by molar-refractivity contribution is -0.0985. The Balaban J connectivity index is 1.91. The highest BCUT2D eigenvalue weighted by Gasteiger charge is 2.46. The van der Waals surface area contributed by atoms with E-state index in [1.54, 1.807) is 0 Å². The van der Waals surface area contributed by atoms with Gasteiger partial charge in [0.15, 0.2) is 0 Å². The first-order valence-electron chi connectivity index (χ1n) is 5.69. The fourth-order valence-corrected chi connectivity index (χ4v) is 3.00. The molecule has 0 heterocycles. The van der Waals surface area contributed by atoms with E-state index < -0.39 is 0 Å². The van der Waals surface area contributed by atoms with E-state index >= 15 is 0 Å². The van der Waals surface area contributed by atoms with Crippen LogP contribution in [0.25, 0.3) is 0 Å². The van der Waals surface area contributed by atoms with E-state index in [0.29, 0.717) is 5.92 Å². The Morgan fingerprint density at radius 3 is 2.00 bits per heavy atom. The fourth-order valence-electron chi connectivity index (χ4n) is 3.00. The van der Waals surface area contributed by atoms with Gasteiger partial charge < -0.3 is 10.8 Å². The summed E-state index contributed by atoms with van der Waals surface area (Å²) in [5.74, 6) is 0.551. The zero-order chi connectivity index (χ0) is 9.31. The minimum atomic E-state index is -0.371. The maximum atomic E-state index is 10.3. The van der Waals surface area contributed by atoms with E-state index in [4.69, 9.17) is 5.73 Å². The smallest absolute Gasteiger partial charge is 0.0705 e. The van der Waals surface area contributed by atoms with E-state index in [2.05, 4.69) is 0 Å². The minimum Gasteiger partial charge on any atom is -0.389 e. The molecule has 0 aliphatic heterocycles. The highest BCUT2D eigenvalue weighted by atomic mass is 16.3.